The third kappa shape index (κ3) is 14.8. The molecule has 20 heteroatoms. The number of ether oxygens (including phenoxy) is 5. The van der Waals surface area contributed by atoms with Gasteiger partial charge >= 0.3 is 0 Å². The molecule has 2 aromatic heterocycles. The van der Waals surface area contributed by atoms with E-state index in [-0.39, 0.29) is 68.0 Å². The van der Waals surface area contributed by atoms with Crippen molar-refractivity contribution in [2.24, 2.45) is 16.7 Å². The minimum absolute atomic E-state index is 0.0150. The van der Waals surface area contributed by atoms with E-state index < -0.39 is 52.3 Å². The van der Waals surface area contributed by atoms with Crippen LogP contribution in [-0.4, -0.2) is 108 Å². The molecule has 6 aromatic rings. The van der Waals surface area contributed by atoms with Gasteiger partial charge in [0.1, 0.15) is 28.8 Å². The van der Waals surface area contributed by atoms with Crippen LogP contribution in [0.25, 0.3) is 21.3 Å². The van der Waals surface area contributed by atoms with Crippen molar-refractivity contribution in [3.63, 3.8) is 0 Å². The van der Waals surface area contributed by atoms with E-state index in [1.54, 1.807) is 29.5 Å². The lowest BCUT2D eigenvalue weighted by atomic mass is 9.76. The highest BCUT2D eigenvalue weighted by atomic mass is 32.1. The van der Waals surface area contributed by atoms with Gasteiger partial charge in [0.2, 0.25) is 23.6 Å². The van der Waals surface area contributed by atoms with Crippen molar-refractivity contribution >= 4 is 63.0 Å². The third-order valence-electron chi connectivity index (χ3n) is 14.0. The number of thiazole rings is 1. The van der Waals surface area contributed by atoms with Gasteiger partial charge in [-0.2, -0.15) is 0 Å². The summed E-state index contributed by atoms with van der Waals surface area (Å²) in [5, 5.41) is 19.4. The second kappa shape index (κ2) is 26.0. The summed E-state index contributed by atoms with van der Waals surface area (Å²) in [6, 6.07) is 21.1. The number of aliphatic hydroxyl groups excluding tert-OH is 1. The molecule has 1 saturated heterocycles. The molecule has 79 heavy (non-hydrogen) atoms. The first kappa shape index (κ1) is 57.8. The van der Waals surface area contributed by atoms with Crippen LogP contribution in [0.4, 0.5) is 20.2 Å². The number of aromatic nitrogens is 2. The van der Waals surface area contributed by atoms with Crippen LogP contribution >= 0.6 is 11.3 Å². The fourth-order valence-electron chi connectivity index (χ4n) is 9.24. The molecule has 3 heterocycles. The van der Waals surface area contributed by atoms with Gasteiger partial charge in [-0.1, -0.05) is 45.0 Å². The number of pyridine rings is 1. The van der Waals surface area contributed by atoms with Crippen LogP contribution in [0, 0.1) is 35.3 Å². The number of fused-ring (bicyclic) bond motifs is 1. The SMILES string of the molecule is COc1cc2c(Oc3ccc(NC(=O)C4(C(=O)Nc5ccc(F)cc5)CC4)cc3F)ccnc2cc1OCCCOCCCOCCC(=O)C[C@H](C(=O)N1C[C@@H](O)C[C@H]1C(=O)NCc1ccc(-c2scnc2C)cc1)C(C)(C)C. The van der Waals surface area contributed by atoms with Gasteiger partial charge in [0.05, 0.1) is 48.0 Å². The molecule has 0 spiro atoms. The smallest absolute Gasteiger partial charge is 0.243 e. The van der Waals surface area contributed by atoms with Gasteiger partial charge in [-0.05, 0) is 91.3 Å². The van der Waals surface area contributed by atoms with E-state index >= 15 is 4.39 Å². The Morgan fingerprint density at radius 3 is 2.15 bits per heavy atom. The van der Waals surface area contributed by atoms with Crippen LogP contribution in [0.1, 0.15) is 77.0 Å². The van der Waals surface area contributed by atoms with Gasteiger partial charge in [-0.3, -0.25) is 29.0 Å². The first-order chi connectivity index (χ1) is 37.9. The molecule has 8 rings (SSSR count). The average molecular weight is 1110 g/mol. The zero-order chi connectivity index (χ0) is 56.3. The van der Waals surface area contributed by atoms with Gasteiger partial charge in [0, 0.05) is 99.6 Å². The Bertz CT molecular complexity index is 3130. The Morgan fingerprint density at radius 1 is 0.810 bits per heavy atom. The third-order valence-corrected chi connectivity index (χ3v) is 15.0. The van der Waals surface area contributed by atoms with Gasteiger partial charge in [0.25, 0.3) is 0 Å². The predicted octanol–water partition coefficient (Wildman–Crippen LogP) is 9.59. The van der Waals surface area contributed by atoms with Crippen molar-refractivity contribution in [3.05, 3.63) is 120 Å². The van der Waals surface area contributed by atoms with E-state index in [0.717, 1.165) is 27.8 Å². The number of nitrogens with zero attached hydrogens (tertiary/aromatic N) is 3. The summed E-state index contributed by atoms with van der Waals surface area (Å²) in [4.78, 5) is 78.2. The van der Waals surface area contributed by atoms with E-state index in [0.29, 0.717) is 85.9 Å². The largest absolute Gasteiger partial charge is 0.493 e. The van der Waals surface area contributed by atoms with E-state index in [1.807, 2.05) is 57.5 Å². The van der Waals surface area contributed by atoms with Crippen molar-refractivity contribution in [1.82, 2.24) is 20.2 Å². The summed E-state index contributed by atoms with van der Waals surface area (Å²) in [5.41, 5.74) is 3.79. The number of Topliss-reactive ketones (excluding diaryl/α,β-unsaturated/α-hetero) is 1. The lowest BCUT2D eigenvalue weighted by molar-refractivity contribution is -0.146. The number of anilines is 2. The lowest BCUT2D eigenvalue weighted by Gasteiger charge is -2.34. The second-order valence-electron chi connectivity index (χ2n) is 20.8. The van der Waals surface area contributed by atoms with Crippen molar-refractivity contribution in [3.8, 4) is 33.4 Å². The number of nitrogens with one attached hydrogen (secondary N) is 3. The molecule has 1 aliphatic carbocycles. The number of halogens is 2. The normalized spacial score (nSPS) is 16.0. The van der Waals surface area contributed by atoms with E-state index in [4.69, 9.17) is 23.7 Å². The lowest BCUT2D eigenvalue weighted by Crippen LogP contribution is -2.50. The Labute approximate surface area is 461 Å². The molecule has 0 unspecified atom stereocenters. The second-order valence-corrected chi connectivity index (χ2v) is 21.7. The molecule has 0 radical (unpaired) electrons. The summed E-state index contributed by atoms with van der Waals surface area (Å²) >= 11 is 1.57. The zero-order valence-corrected chi connectivity index (χ0v) is 45.7. The van der Waals surface area contributed by atoms with Crippen LogP contribution < -0.4 is 30.2 Å². The van der Waals surface area contributed by atoms with Gasteiger partial charge < -0.3 is 49.6 Å². The molecule has 4 N–H and O–H groups in total. The topological polar surface area (TPSA) is 217 Å². The van der Waals surface area contributed by atoms with Crippen molar-refractivity contribution in [2.45, 2.75) is 91.3 Å². The molecule has 17 nitrogen and oxygen atoms in total. The zero-order valence-electron chi connectivity index (χ0n) is 44.9. The summed E-state index contributed by atoms with van der Waals surface area (Å²) in [5.74, 6) is -2.83. The Morgan fingerprint density at radius 2 is 1.49 bits per heavy atom. The van der Waals surface area contributed by atoms with Crippen LogP contribution in [0.15, 0.2) is 96.6 Å². The van der Waals surface area contributed by atoms with E-state index in [9.17, 15) is 33.5 Å². The maximum Gasteiger partial charge on any atom is 0.243 e. The molecule has 4 amide bonds. The number of aryl methyl sites for hydroxylation is 1. The minimum atomic E-state index is -1.32. The van der Waals surface area contributed by atoms with Crippen LogP contribution in [0.3, 0.4) is 0 Å². The number of carbonyl (C=O) groups excluding carboxylic acids is 5. The first-order valence-corrected chi connectivity index (χ1v) is 27.2. The molecular weight excluding hydrogens is 1040 g/mol. The summed E-state index contributed by atoms with van der Waals surface area (Å²) in [6.07, 6.45) is 2.66. The highest BCUT2D eigenvalue weighted by molar-refractivity contribution is 7.13. The molecule has 1 saturated carbocycles. The molecular formula is C59H66F2N6O11S. The number of hydrogen-bond donors (Lipinski definition) is 4. The van der Waals surface area contributed by atoms with Gasteiger partial charge in [-0.25, -0.2) is 13.8 Å². The number of aliphatic hydroxyl groups is 1. The Kier molecular flexibility index (Phi) is 19.0. The molecule has 2 aliphatic rings. The monoisotopic (exact) mass is 1100 g/mol. The summed E-state index contributed by atoms with van der Waals surface area (Å²) in [7, 11) is 1.50. The summed E-state index contributed by atoms with van der Waals surface area (Å²) in [6.45, 7) is 9.62. The highest BCUT2D eigenvalue weighted by Gasteiger charge is 2.56. The standard InChI is InChI=1S/C59H66F2N6O11S/c1-36-53(79-35-64-36)38-10-8-37(9-11-38)33-63-54(70)48-30-43(69)34-67(48)55(71)45(58(2,3)4)29-42(68)19-27-76-24-6-23-75-25-7-26-77-52-32-47-44(31-51(52)74-5)49(18-22-62-47)78-50-17-16-41(28-46(50)61)66-57(73)59(20-21-59)56(72)65-40-14-12-39(60)13-15-40/h8-18,22,28,31-32,35,43,45,48,69H,6-7,19-21,23-27,29-30,33-34H2,1-5H3,(H,63,70)(H,65,72)(H,66,73)/t43-,45+,48-/m0/s1. The number of likely N-dealkylation sites (tertiary alicyclic amines) is 1. The van der Waals surface area contributed by atoms with Crippen LogP contribution in [0.5, 0.6) is 23.0 Å². The maximum absolute atomic E-state index is 15.5. The average Bonchev–Trinajstić information content (AvgIpc) is 4.09. The quantitative estimate of drug-likeness (QED) is 0.0294. The Balaban J connectivity index is 0.721. The first-order valence-electron chi connectivity index (χ1n) is 26.3. The van der Waals surface area contributed by atoms with E-state index in [1.165, 1.54) is 54.6 Å². The van der Waals surface area contributed by atoms with Crippen molar-refractivity contribution < 1.29 is 61.5 Å². The minimum Gasteiger partial charge on any atom is -0.493 e. The van der Waals surface area contributed by atoms with Crippen molar-refractivity contribution in [1.29, 1.82) is 0 Å². The number of hydrogen-bond acceptors (Lipinski definition) is 14. The number of β-amino-alcohol motifs (C(OH)–C–C–N with tert-alkyl or cyclic N) is 1. The number of methoxy groups -OCH3 is 1. The number of benzene rings is 4. The number of rotatable bonds is 26. The Hall–Kier alpha value is -7.39. The highest BCUT2D eigenvalue weighted by Crippen LogP contribution is 2.48. The molecule has 0 bridgehead atoms. The van der Waals surface area contributed by atoms with Crippen LogP contribution in [0.2, 0.25) is 0 Å². The molecule has 2 fully saturated rings. The van der Waals surface area contributed by atoms with Crippen LogP contribution in [-0.2, 0) is 40.0 Å². The number of amides is 4. The summed E-state index contributed by atoms with van der Waals surface area (Å²) < 4.78 is 58.0. The number of ketones is 1. The molecule has 1 aliphatic heterocycles. The number of carbonyl (C=O) groups is 5. The van der Waals surface area contributed by atoms with Gasteiger partial charge in [0.15, 0.2) is 23.1 Å². The fraction of sp³-hybridized carbons (Fsp3) is 0.407. The molecule has 418 valence electrons. The molecule has 4 aromatic carbocycles. The maximum atomic E-state index is 15.5. The molecule has 3 atom stereocenters. The van der Waals surface area contributed by atoms with Crippen molar-refractivity contribution in [2.75, 3.05) is 57.3 Å². The van der Waals surface area contributed by atoms with Gasteiger partial charge in [-0.15, -0.1) is 11.3 Å². The fourth-order valence-corrected chi connectivity index (χ4v) is 10.1. The van der Waals surface area contributed by atoms with E-state index in [2.05, 4.69) is 25.9 Å². The predicted molar refractivity (Wildman–Crippen MR) is 294 cm³/mol.